The molecule has 5 aromatic rings. The summed E-state index contributed by atoms with van der Waals surface area (Å²) in [7, 11) is 0. The summed E-state index contributed by atoms with van der Waals surface area (Å²) in [6.07, 6.45) is 0.956. The van der Waals surface area contributed by atoms with E-state index in [4.69, 9.17) is 4.52 Å². The van der Waals surface area contributed by atoms with E-state index in [-0.39, 0.29) is 12.5 Å². The van der Waals surface area contributed by atoms with Crippen LogP contribution in [0.1, 0.15) is 18.1 Å². The maximum atomic E-state index is 12.7. The van der Waals surface area contributed by atoms with Crippen LogP contribution in [-0.2, 0) is 17.8 Å². The lowest BCUT2D eigenvalue weighted by molar-refractivity contribution is -0.116. The SMILES string of the molecule is CCc1ccc(NC(=O)Cn2nc(-c3nc(-c4cccc(C)c4)no3)c3ccccc32)cc1. The zero-order valence-electron chi connectivity index (χ0n) is 18.4. The van der Waals surface area contributed by atoms with Crippen LogP contribution in [0.2, 0.25) is 0 Å². The van der Waals surface area contributed by atoms with Gasteiger partial charge in [0.2, 0.25) is 11.7 Å². The first kappa shape index (κ1) is 20.6. The minimum absolute atomic E-state index is 0.0644. The highest BCUT2D eigenvalue weighted by Gasteiger charge is 2.19. The van der Waals surface area contributed by atoms with Crippen LogP contribution in [0.4, 0.5) is 5.69 Å². The molecule has 0 radical (unpaired) electrons. The molecule has 0 aliphatic heterocycles. The molecular weight excluding hydrogens is 414 g/mol. The van der Waals surface area contributed by atoms with Crippen LogP contribution in [0.3, 0.4) is 0 Å². The van der Waals surface area contributed by atoms with Gasteiger partial charge in [-0.05, 0) is 43.2 Å². The second-order valence-corrected chi connectivity index (χ2v) is 7.91. The minimum Gasteiger partial charge on any atom is -0.332 e. The number of amides is 1. The predicted octanol–water partition coefficient (Wildman–Crippen LogP) is 5.26. The topological polar surface area (TPSA) is 85.8 Å². The van der Waals surface area contributed by atoms with Crippen molar-refractivity contribution < 1.29 is 9.32 Å². The number of benzene rings is 3. The Morgan fingerprint density at radius 2 is 1.85 bits per heavy atom. The largest absolute Gasteiger partial charge is 0.332 e. The number of nitrogens with one attached hydrogen (secondary N) is 1. The molecule has 7 nitrogen and oxygen atoms in total. The number of fused-ring (bicyclic) bond motifs is 1. The predicted molar refractivity (Wildman–Crippen MR) is 128 cm³/mol. The Morgan fingerprint density at radius 3 is 2.64 bits per heavy atom. The van der Waals surface area contributed by atoms with Crippen LogP contribution in [0, 0.1) is 6.92 Å². The molecule has 33 heavy (non-hydrogen) atoms. The Kier molecular flexibility index (Phi) is 5.44. The van der Waals surface area contributed by atoms with Gasteiger partial charge in [0.05, 0.1) is 5.52 Å². The van der Waals surface area contributed by atoms with Gasteiger partial charge in [-0.3, -0.25) is 9.48 Å². The third kappa shape index (κ3) is 4.25. The zero-order chi connectivity index (χ0) is 22.8. The summed E-state index contributed by atoms with van der Waals surface area (Å²) < 4.78 is 7.22. The molecule has 5 rings (SSSR count). The molecule has 2 heterocycles. The molecule has 0 aliphatic carbocycles. The van der Waals surface area contributed by atoms with Crippen molar-refractivity contribution in [3.63, 3.8) is 0 Å². The normalized spacial score (nSPS) is 11.1. The zero-order valence-corrected chi connectivity index (χ0v) is 18.4. The number of hydrogen-bond donors (Lipinski definition) is 1. The molecule has 164 valence electrons. The molecule has 0 fully saturated rings. The molecule has 0 bridgehead atoms. The molecule has 1 amide bonds. The second kappa shape index (κ2) is 8.70. The Bertz CT molecular complexity index is 1430. The van der Waals surface area contributed by atoms with Gasteiger partial charge in [0.15, 0.2) is 5.69 Å². The van der Waals surface area contributed by atoms with Gasteiger partial charge in [0.25, 0.3) is 5.89 Å². The van der Waals surface area contributed by atoms with Gasteiger partial charge in [-0.2, -0.15) is 10.1 Å². The first-order valence-electron chi connectivity index (χ1n) is 10.9. The molecule has 0 saturated heterocycles. The highest BCUT2D eigenvalue weighted by atomic mass is 16.5. The Labute approximate surface area is 191 Å². The van der Waals surface area contributed by atoms with E-state index < -0.39 is 0 Å². The van der Waals surface area contributed by atoms with Gasteiger partial charge in [0.1, 0.15) is 6.54 Å². The van der Waals surface area contributed by atoms with E-state index >= 15 is 0 Å². The Balaban J connectivity index is 1.43. The minimum atomic E-state index is -0.162. The summed E-state index contributed by atoms with van der Waals surface area (Å²) in [5.41, 5.74) is 5.34. The molecule has 2 aromatic heterocycles. The summed E-state index contributed by atoms with van der Waals surface area (Å²) in [6, 6.07) is 23.5. The molecule has 0 unspecified atom stereocenters. The van der Waals surface area contributed by atoms with Gasteiger partial charge < -0.3 is 9.84 Å². The van der Waals surface area contributed by atoms with Crippen LogP contribution in [0.15, 0.2) is 77.3 Å². The highest BCUT2D eigenvalue weighted by Crippen LogP contribution is 2.28. The van der Waals surface area contributed by atoms with Gasteiger partial charge in [-0.1, -0.05) is 66.2 Å². The maximum Gasteiger partial charge on any atom is 0.279 e. The maximum absolute atomic E-state index is 12.7. The first-order chi connectivity index (χ1) is 16.1. The van der Waals surface area contributed by atoms with Crippen LogP contribution >= 0.6 is 0 Å². The van der Waals surface area contributed by atoms with Crippen molar-refractivity contribution in [3.05, 3.63) is 83.9 Å². The van der Waals surface area contributed by atoms with E-state index in [1.165, 1.54) is 5.56 Å². The van der Waals surface area contributed by atoms with Crippen molar-refractivity contribution in [2.24, 2.45) is 0 Å². The molecule has 3 aromatic carbocycles. The lowest BCUT2D eigenvalue weighted by Gasteiger charge is -2.07. The number of aromatic nitrogens is 4. The molecule has 0 saturated carbocycles. The van der Waals surface area contributed by atoms with Gasteiger partial charge in [-0.25, -0.2) is 0 Å². The number of anilines is 1. The van der Waals surface area contributed by atoms with E-state index in [1.54, 1.807) is 4.68 Å². The summed E-state index contributed by atoms with van der Waals surface area (Å²) in [4.78, 5) is 17.3. The van der Waals surface area contributed by atoms with E-state index in [2.05, 4.69) is 27.5 Å². The van der Waals surface area contributed by atoms with Crippen molar-refractivity contribution in [3.8, 4) is 23.0 Å². The average Bonchev–Trinajstić information content (AvgIpc) is 3.45. The number of carbonyl (C=O) groups is 1. The smallest absolute Gasteiger partial charge is 0.279 e. The Morgan fingerprint density at radius 1 is 1.03 bits per heavy atom. The van der Waals surface area contributed by atoms with Gasteiger partial charge >= 0.3 is 0 Å². The number of nitrogens with zero attached hydrogens (tertiary/aromatic N) is 4. The third-order valence-electron chi connectivity index (χ3n) is 5.50. The number of para-hydroxylation sites is 1. The number of aryl methyl sites for hydroxylation is 2. The summed E-state index contributed by atoms with van der Waals surface area (Å²) in [6.45, 7) is 4.18. The summed E-state index contributed by atoms with van der Waals surface area (Å²) in [5.74, 6) is 0.655. The Hall–Kier alpha value is -4.26. The quantitative estimate of drug-likeness (QED) is 0.391. The first-order valence-corrected chi connectivity index (χ1v) is 10.9. The van der Waals surface area contributed by atoms with Crippen LogP contribution in [0.25, 0.3) is 33.9 Å². The van der Waals surface area contributed by atoms with Crippen molar-refractivity contribution in [2.45, 2.75) is 26.8 Å². The van der Waals surface area contributed by atoms with Crippen molar-refractivity contribution in [1.82, 2.24) is 19.9 Å². The van der Waals surface area contributed by atoms with Crippen LogP contribution in [0.5, 0.6) is 0 Å². The van der Waals surface area contributed by atoms with E-state index in [0.29, 0.717) is 17.4 Å². The lowest BCUT2D eigenvalue weighted by atomic mass is 10.1. The van der Waals surface area contributed by atoms with E-state index in [0.717, 1.165) is 34.1 Å². The molecule has 0 atom stereocenters. The molecule has 1 N–H and O–H groups in total. The van der Waals surface area contributed by atoms with Crippen molar-refractivity contribution in [1.29, 1.82) is 0 Å². The van der Waals surface area contributed by atoms with Crippen molar-refractivity contribution >= 4 is 22.5 Å². The monoisotopic (exact) mass is 437 g/mol. The van der Waals surface area contributed by atoms with Crippen LogP contribution < -0.4 is 5.32 Å². The van der Waals surface area contributed by atoms with Crippen molar-refractivity contribution in [2.75, 3.05) is 5.32 Å². The number of rotatable bonds is 6. The number of hydrogen-bond acceptors (Lipinski definition) is 5. The fourth-order valence-electron chi connectivity index (χ4n) is 3.79. The fraction of sp³-hybridized carbons (Fsp3) is 0.154. The lowest BCUT2D eigenvalue weighted by Crippen LogP contribution is -2.19. The highest BCUT2D eigenvalue weighted by molar-refractivity contribution is 5.94. The third-order valence-corrected chi connectivity index (χ3v) is 5.50. The molecule has 0 aliphatic rings. The molecular formula is C26H23N5O2. The molecule has 7 heteroatoms. The van der Waals surface area contributed by atoms with E-state index in [1.807, 2.05) is 79.7 Å². The van der Waals surface area contributed by atoms with Gasteiger partial charge in [-0.15, -0.1) is 0 Å². The number of carbonyl (C=O) groups excluding carboxylic acids is 1. The van der Waals surface area contributed by atoms with Crippen LogP contribution in [-0.4, -0.2) is 25.8 Å². The fourth-order valence-corrected chi connectivity index (χ4v) is 3.79. The molecule has 0 spiro atoms. The van der Waals surface area contributed by atoms with E-state index in [9.17, 15) is 4.79 Å². The summed E-state index contributed by atoms with van der Waals surface area (Å²) in [5, 5.41) is 12.6. The standard InChI is InChI=1S/C26H23N5O2/c1-3-18-11-13-20(14-12-18)27-23(32)16-31-22-10-5-4-9-21(22)24(29-31)26-28-25(30-33-26)19-8-6-7-17(2)15-19/h4-15H,3,16H2,1-2H3,(H,27,32). The second-order valence-electron chi connectivity index (χ2n) is 7.91. The average molecular weight is 438 g/mol. The summed E-state index contributed by atoms with van der Waals surface area (Å²) >= 11 is 0. The van der Waals surface area contributed by atoms with Gasteiger partial charge in [0, 0.05) is 16.6 Å².